The molecule has 9 heteroatoms. The number of rotatable bonds is 1. The summed E-state index contributed by atoms with van der Waals surface area (Å²) >= 11 is 0. The van der Waals surface area contributed by atoms with Crippen LogP contribution < -0.4 is 0 Å². The highest BCUT2D eigenvalue weighted by atomic mass is 16.6. The van der Waals surface area contributed by atoms with E-state index in [1.54, 1.807) is 41.5 Å². The Morgan fingerprint density at radius 2 is 1.43 bits per heavy atom. The SMILES string of the molecule is CC(C)(C)OC(=O)N1CC2(C1)OC[C@]1(C(=O)O)CN(C(=O)OC(C)(C)C)C[C@H]21. The van der Waals surface area contributed by atoms with Crippen molar-refractivity contribution >= 4 is 18.2 Å². The number of likely N-dealkylation sites (tertiary alicyclic amines) is 2. The molecule has 3 saturated heterocycles. The third-order valence-corrected chi connectivity index (χ3v) is 5.44. The summed E-state index contributed by atoms with van der Waals surface area (Å²) < 4.78 is 16.7. The Bertz CT molecular complexity index is 687. The number of carbonyl (C=O) groups excluding carboxylic acids is 2. The molecule has 28 heavy (non-hydrogen) atoms. The molecule has 0 aromatic heterocycles. The van der Waals surface area contributed by atoms with Gasteiger partial charge in [0, 0.05) is 19.0 Å². The second-order valence-electron chi connectivity index (χ2n) is 10.1. The molecule has 3 aliphatic rings. The van der Waals surface area contributed by atoms with Crippen molar-refractivity contribution in [2.75, 3.05) is 32.8 Å². The number of nitrogens with zero attached hydrogens (tertiary/aromatic N) is 2. The number of carboxylic acid groups (broad SMARTS) is 1. The van der Waals surface area contributed by atoms with Gasteiger partial charge in [-0.3, -0.25) is 4.79 Å². The Morgan fingerprint density at radius 3 is 1.89 bits per heavy atom. The molecular weight excluding hydrogens is 368 g/mol. The zero-order valence-electron chi connectivity index (χ0n) is 17.4. The average Bonchev–Trinajstić information content (AvgIpc) is 2.96. The third kappa shape index (κ3) is 3.52. The van der Waals surface area contributed by atoms with E-state index in [9.17, 15) is 19.5 Å². The van der Waals surface area contributed by atoms with Crippen LogP contribution in [0.3, 0.4) is 0 Å². The number of hydrogen-bond acceptors (Lipinski definition) is 6. The third-order valence-electron chi connectivity index (χ3n) is 5.44. The van der Waals surface area contributed by atoms with Crippen LogP contribution >= 0.6 is 0 Å². The molecule has 0 saturated carbocycles. The highest BCUT2D eigenvalue weighted by Gasteiger charge is 2.70. The van der Waals surface area contributed by atoms with Crippen molar-refractivity contribution in [1.29, 1.82) is 0 Å². The summed E-state index contributed by atoms with van der Waals surface area (Å²) in [6, 6.07) is 0. The first kappa shape index (κ1) is 20.7. The van der Waals surface area contributed by atoms with E-state index in [0.717, 1.165) is 0 Å². The Hall–Kier alpha value is -2.03. The van der Waals surface area contributed by atoms with Gasteiger partial charge < -0.3 is 29.1 Å². The molecule has 3 heterocycles. The van der Waals surface area contributed by atoms with Crippen LogP contribution in [0.1, 0.15) is 41.5 Å². The Morgan fingerprint density at radius 1 is 0.929 bits per heavy atom. The zero-order chi connectivity index (χ0) is 21.1. The standard InChI is InChI=1S/C19H30N2O7/c1-16(2,3)27-14(24)20-7-12-18(8-20,13(22)23)11-26-19(12)9-21(10-19)15(25)28-17(4,5)6/h12H,7-11H2,1-6H3,(H,22,23)/t12-,18+/m0/s1. The van der Waals surface area contributed by atoms with E-state index in [1.165, 1.54) is 9.80 Å². The largest absolute Gasteiger partial charge is 0.481 e. The summed E-state index contributed by atoms with van der Waals surface area (Å²) in [5, 5.41) is 9.92. The van der Waals surface area contributed by atoms with Crippen molar-refractivity contribution in [1.82, 2.24) is 9.80 Å². The Labute approximate surface area is 164 Å². The number of amides is 2. The van der Waals surface area contributed by atoms with Crippen LogP contribution in [0.4, 0.5) is 9.59 Å². The number of aliphatic carboxylic acids is 1. The molecule has 9 nitrogen and oxygen atoms in total. The first-order valence-corrected chi connectivity index (χ1v) is 9.51. The van der Waals surface area contributed by atoms with Gasteiger partial charge >= 0.3 is 18.2 Å². The van der Waals surface area contributed by atoms with Gasteiger partial charge in [0.2, 0.25) is 0 Å². The molecule has 2 amide bonds. The van der Waals surface area contributed by atoms with Crippen molar-refractivity contribution < 1.29 is 33.7 Å². The predicted molar refractivity (Wildman–Crippen MR) is 97.9 cm³/mol. The maximum atomic E-state index is 12.5. The first-order valence-electron chi connectivity index (χ1n) is 9.51. The summed E-state index contributed by atoms with van der Waals surface area (Å²) in [7, 11) is 0. The molecule has 0 aromatic carbocycles. The molecule has 0 aliphatic carbocycles. The van der Waals surface area contributed by atoms with Crippen LogP contribution in [0.25, 0.3) is 0 Å². The van der Waals surface area contributed by atoms with Gasteiger partial charge in [-0.25, -0.2) is 9.59 Å². The average molecular weight is 398 g/mol. The molecule has 3 rings (SSSR count). The monoisotopic (exact) mass is 398 g/mol. The zero-order valence-corrected chi connectivity index (χ0v) is 17.4. The quantitative estimate of drug-likeness (QED) is 0.719. The fourth-order valence-corrected chi connectivity index (χ4v) is 4.21. The second-order valence-corrected chi connectivity index (χ2v) is 10.1. The van der Waals surface area contributed by atoms with Crippen molar-refractivity contribution in [3.05, 3.63) is 0 Å². The van der Waals surface area contributed by atoms with Gasteiger partial charge in [-0.1, -0.05) is 0 Å². The van der Waals surface area contributed by atoms with Crippen LogP contribution in [0.15, 0.2) is 0 Å². The van der Waals surface area contributed by atoms with E-state index in [2.05, 4.69) is 0 Å². The molecule has 3 aliphatic heterocycles. The summed E-state index contributed by atoms with van der Waals surface area (Å²) in [6.07, 6.45) is -0.974. The lowest BCUT2D eigenvalue weighted by Gasteiger charge is -2.50. The highest BCUT2D eigenvalue weighted by molar-refractivity contribution is 5.80. The number of fused-ring (bicyclic) bond motifs is 2. The molecule has 1 N–H and O–H groups in total. The fourth-order valence-electron chi connectivity index (χ4n) is 4.21. The van der Waals surface area contributed by atoms with E-state index in [4.69, 9.17) is 14.2 Å². The van der Waals surface area contributed by atoms with Crippen LogP contribution in [0.5, 0.6) is 0 Å². The van der Waals surface area contributed by atoms with Crippen LogP contribution in [0, 0.1) is 11.3 Å². The molecule has 0 bridgehead atoms. The Balaban J connectivity index is 1.73. The Kier molecular flexibility index (Phi) is 4.61. The van der Waals surface area contributed by atoms with E-state index < -0.39 is 46.3 Å². The van der Waals surface area contributed by atoms with Gasteiger partial charge in [0.05, 0.1) is 19.7 Å². The number of carbonyl (C=O) groups is 3. The van der Waals surface area contributed by atoms with Gasteiger partial charge in [-0.05, 0) is 41.5 Å². The smallest absolute Gasteiger partial charge is 0.410 e. The number of hydrogen-bond donors (Lipinski definition) is 1. The van der Waals surface area contributed by atoms with Gasteiger partial charge in [0.25, 0.3) is 0 Å². The summed E-state index contributed by atoms with van der Waals surface area (Å²) in [6.45, 7) is 11.5. The van der Waals surface area contributed by atoms with Crippen molar-refractivity contribution in [3.63, 3.8) is 0 Å². The predicted octanol–water partition coefficient (Wildman–Crippen LogP) is 1.94. The number of ether oxygens (including phenoxy) is 3. The lowest BCUT2D eigenvalue weighted by molar-refractivity contribution is -0.149. The van der Waals surface area contributed by atoms with Crippen molar-refractivity contribution in [2.45, 2.75) is 58.3 Å². The first-order chi connectivity index (χ1) is 12.7. The summed E-state index contributed by atoms with van der Waals surface area (Å²) in [5.74, 6) is -1.40. The van der Waals surface area contributed by atoms with E-state index in [-0.39, 0.29) is 32.8 Å². The molecule has 0 unspecified atom stereocenters. The summed E-state index contributed by atoms with van der Waals surface area (Å²) in [5.41, 5.74) is -3.23. The topological polar surface area (TPSA) is 106 Å². The maximum absolute atomic E-state index is 12.5. The normalized spacial score (nSPS) is 28.7. The molecule has 2 atom stereocenters. The molecular formula is C19H30N2O7. The van der Waals surface area contributed by atoms with Crippen molar-refractivity contribution in [3.8, 4) is 0 Å². The number of carboxylic acids is 1. The fraction of sp³-hybridized carbons (Fsp3) is 0.842. The molecule has 158 valence electrons. The minimum Gasteiger partial charge on any atom is -0.481 e. The maximum Gasteiger partial charge on any atom is 0.410 e. The van der Waals surface area contributed by atoms with Crippen LogP contribution in [-0.4, -0.2) is 82.7 Å². The van der Waals surface area contributed by atoms with Crippen LogP contribution in [-0.2, 0) is 19.0 Å². The summed E-state index contributed by atoms with van der Waals surface area (Å²) in [4.78, 5) is 39.8. The minimum absolute atomic E-state index is 0.00839. The van der Waals surface area contributed by atoms with E-state index >= 15 is 0 Å². The van der Waals surface area contributed by atoms with E-state index in [0.29, 0.717) is 0 Å². The van der Waals surface area contributed by atoms with Gasteiger partial charge in [-0.15, -0.1) is 0 Å². The molecule has 3 fully saturated rings. The van der Waals surface area contributed by atoms with Crippen molar-refractivity contribution in [2.24, 2.45) is 11.3 Å². The molecule has 0 radical (unpaired) electrons. The lowest BCUT2D eigenvalue weighted by atomic mass is 9.69. The van der Waals surface area contributed by atoms with Gasteiger partial charge in [0.1, 0.15) is 22.2 Å². The lowest BCUT2D eigenvalue weighted by Crippen LogP contribution is -2.68. The molecule has 0 aromatic rings. The van der Waals surface area contributed by atoms with E-state index in [1.807, 2.05) is 0 Å². The highest BCUT2D eigenvalue weighted by Crippen LogP contribution is 2.54. The van der Waals surface area contributed by atoms with Crippen LogP contribution in [0.2, 0.25) is 0 Å². The van der Waals surface area contributed by atoms with Gasteiger partial charge in [0.15, 0.2) is 0 Å². The molecule has 1 spiro atoms. The van der Waals surface area contributed by atoms with Gasteiger partial charge in [-0.2, -0.15) is 0 Å². The minimum atomic E-state index is -1.18. The second kappa shape index (κ2) is 6.23.